The van der Waals surface area contributed by atoms with Gasteiger partial charge >= 0.3 is 0 Å². The highest BCUT2D eigenvalue weighted by Gasteiger charge is 2.49. The van der Waals surface area contributed by atoms with Crippen LogP contribution in [0.15, 0.2) is 43.1 Å². The highest BCUT2D eigenvalue weighted by Crippen LogP contribution is 2.45. The van der Waals surface area contributed by atoms with Crippen molar-refractivity contribution < 1.29 is 9.53 Å². The molecular formula is C28H30N6O2. The van der Waals surface area contributed by atoms with Crippen LogP contribution in [-0.4, -0.2) is 73.5 Å². The third-order valence-electron chi connectivity index (χ3n) is 8.01. The number of ether oxygens (including phenoxy) is 1. The minimum Gasteiger partial charge on any atom is -0.378 e. The zero-order chi connectivity index (χ0) is 24.9. The molecule has 3 fully saturated rings. The number of aromatic amines is 1. The number of H-pyrrole nitrogens is 1. The fourth-order valence-corrected chi connectivity index (χ4v) is 6.11. The molecular weight excluding hydrogens is 452 g/mol. The number of aromatic nitrogens is 2. The molecule has 2 aromatic carbocycles. The van der Waals surface area contributed by atoms with Gasteiger partial charge in [0, 0.05) is 61.3 Å². The summed E-state index contributed by atoms with van der Waals surface area (Å²) in [6, 6.07) is 11.0. The molecule has 3 aromatic rings. The molecule has 1 amide bonds. The molecule has 1 aromatic heterocycles. The number of nitriles is 1. The number of carbonyl (C=O) groups is 1. The number of likely N-dealkylation sites (tertiary alicyclic amines) is 1. The Balaban J connectivity index is 1.45. The van der Waals surface area contributed by atoms with E-state index in [-0.39, 0.29) is 11.3 Å². The van der Waals surface area contributed by atoms with Crippen molar-refractivity contribution >= 4 is 28.2 Å². The molecule has 3 aliphatic heterocycles. The zero-order valence-corrected chi connectivity index (χ0v) is 20.6. The molecule has 0 saturated carbocycles. The van der Waals surface area contributed by atoms with Crippen molar-refractivity contribution in [3.05, 3.63) is 54.2 Å². The molecule has 3 aliphatic rings. The Morgan fingerprint density at radius 1 is 1.19 bits per heavy atom. The molecule has 3 saturated heterocycles. The lowest BCUT2D eigenvalue weighted by atomic mass is 9.79. The van der Waals surface area contributed by atoms with Gasteiger partial charge in [0.25, 0.3) is 0 Å². The lowest BCUT2D eigenvalue weighted by molar-refractivity contribution is -0.136. The number of benzene rings is 2. The number of nitrogens with zero attached hydrogens (tertiary/aromatic N) is 5. The van der Waals surface area contributed by atoms with Gasteiger partial charge in [-0.25, -0.2) is 0 Å². The first-order valence-corrected chi connectivity index (χ1v) is 12.5. The van der Waals surface area contributed by atoms with Crippen molar-refractivity contribution in [3.63, 3.8) is 0 Å². The molecule has 1 N–H and O–H groups in total. The molecule has 8 heteroatoms. The number of rotatable bonds is 4. The van der Waals surface area contributed by atoms with E-state index < -0.39 is 0 Å². The Bertz CT molecular complexity index is 1390. The summed E-state index contributed by atoms with van der Waals surface area (Å²) < 4.78 is 5.61. The van der Waals surface area contributed by atoms with Crippen LogP contribution in [0.5, 0.6) is 0 Å². The number of carbonyl (C=O) groups excluding carboxylic acids is 1. The minimum absolute atomic E-state index is 0.00271. The molecule has 0 radical (unpaired) electrons. The van der Waals surface area contributed by atoms with Gasteiger partial charge in [-0.05, 0) is 48.7 Å². The van der Waals surface area contributed by atoms with Crippen LogP contribution in [-0.2, 0) is 9.53 Å². The predicted octanol–water partition coefficient (Wildman–Crippen LogP) is 3.47. The van der Waals surface area contributed by atoms with Gasteiger partial charge < -0.3 is 19.4 Å². The lowest BCUT2D eigenvalue weighted by Gasteiger charge is -2.47. The molecule has 4 heterocycles. The van der Waals surface area contributed by atoms with Crippen molar-refractivity contribution in [2.75, 3.05) is 62.3 Å². The van der Waals surface area contributed by atoms with E-state index >= 15 is 0 Å². The molecule has 184 valence electrons. The van der Waals surface area contributed by atoms with Crippen molar-refractivity contribution in [1.29, 1.82) is 5.26 Å². The van der Waals surface area contributed by atoms with Crippen LogP contribution in [0.3, 0.4) is 0 Å². The topological polar surface area (TPSA) is 88.5 Å². The van der Waals surface area contributed by atoms with Gasteiger partial charge in [-0.3, -0.25) is 9.89 Å². The number of aryl methyl sites for hydroxylation is 1. The predicted molar refractivity (Wildman–Crippen MR) is 140 cm³/mol. The fraction of sp³-hybridized carbons (Fsp3) is 0.393. The number of fused-ring (bicyclic) bond motifs is 1. The fourth-order valence-electron chi connectivity index (χ4n) is 6.11. The Labute approximate surface area is 210 Å². The van der Waals surface area contributed by atoms with E-state index in [0.29, 0.717) is 18.8 Å². The Morgan fingerprint density at radius 3 is 2.75 bits per heavy atom. The second-order valence-corrected chi connectivity index (χ2v) is 10.3. The summed E-state index contributed by atoms with van der Waals surface area (Å²) in [7, 11) is 0. The van der Waals surface area contributed by atoms with Gasteiger partial charge in [-0.2, -0.15) is 10.4 Å². The smallest absolute Gasteiger partial charge is 0.245 e. The van der Waals surface area contributed by atoms with Gasteiger partial charge in [-0.15, -0.1) is 0 Å². The number of amides is 1. The van der Waals surface area contributed by atoms with Gasteiger partial charge in [0.15, 0.2) is 0 Å². The number of morpholine rings is 1. The average molecular weight is 483 g/mol. The van der Waals surface area contributed by atoms with Crippen molar-refractivity contribution in [1.82, 2.24) is 15.1 Å². The Kier molecular flexibility index (Phi) is 5.45. The van der Waals surface area contributed by atoms with Crippen LogP contribution in [0.25, 0.3) is 22.0 Å². The largest absolute Gasteiger partial charge is 0.378 e. The van der Waals surface area contributed by atoms with E-state index in [1.807, 2.05) is 17.2 Å². The maximum Gasteiger partial charge on any atom is 0.245 e. The van der Waals surface area contributed by atoms with E-state index in [9.17, 15) is 10.1 Å². The average Bonchev–Trinajstić information content (AvgIpc) is 3.55. The van der Waals surface area contributed by atoms with E-state index in [4.69, 9.17) is 4.74 Å². The molecule has 0 bridgehead atoms. The van der Waals surface area contributed by atoms with Gasteiger partial charge in [0.05, 0.1) is 36.2 Å². The first-order valence-electron chi connectivity index (χ1n) is 12.5. The van der Waals surface area contributed by atoms with Crippen LogP contribution >= 0.6 is 0 Å². The summed E-state index contributed by atoms with van der Waals surface area (Å²) in [5.41, 5.74) is 6.93. The number of hydrogen-bond acceptors (Lipinski definition) is 6. The second-order valence-electron chi connectivity index (χ2n) is 10.3. The van der Waals surface area contributed by atoms with E-state index in [0.717, 1.165) is 84.7 Å². The summed E-state index contributed by atoms with van der Waals surface area (Å²) in [6.07, 6.45) is 4.25. The summed E-state index contributed by atoms with van der Waals surface area (Å²) in [6.45, 7) is 12.0. The van der Waals surface area contributed by atoms with Gasteiger partial charge in [-0.1, -0.05) is 12.6 Å². The maximum atomic E-state index is 12.1. The summed E-state index contributed by atoms with van der Waals surface area (Å²) in [5.74, 6) is -0.00271. The molecule has 0 aliphatic carbocycles. The molecule has 8 nitrogen and oxygen atoms in total. The second kappa shape index (κ2) is 8.68. The highest BCUT2D eigenvalue weighted by atomic mass is 16.5. The monoisotopic (exact) mass is 482 g/mol. The highest BCUT2D eigenvalue weighted by molar-refractivity contribution is 5.99. The van der Waals surface area contributed by atoms with E-state index in [1.54, 1.807) is 0 Å². The van der Waals surface area contributed by atoms with E-state index in [2.05, 4.69) is 57.8 Å². The first kappa shape index (κ1) is 22.6. The normalized spacial score (nSPS) is 18.9. The summed E-state index contributed by atoms with van der Waals surface area (Å²) in [5, 5.41) is 18.9. The molecule has 0 atom stereocenters. The number of anilines is 2. The van der Waals surface area contributed by atoms with Gasteiger partial charge in [0.1, 0.15) is 6.07 Å². The van der Waals surface area contributed by atoms with Crippen molar-refractivity contribution in [3.8, 4) is 17.2 Å². The standard InChI is InChI=1S/C28H30N6O2/c1-3-26(35)34-17-28(18-34)6-7-33(16-28)25-13-20(32-8-10-36-11-9-32)12-21(22(25)14-29)27-19(2)4-5-24-23(27)15-30-31-24/h3-5,12-13,15H,1,6-11,16-18H2,2H3,(H,30,31). The van der Waals surface area contributed by atoms with Crippen LogP contribution in [0, 0.1) is 23.7 Å². The SMILES string of the molecule is C=CC(=O)N1CC2(CCN(c3cc(N4CCOCC4)cc(-c4c(C)ccc5[nH]ncc45)c3C#N)C2)C1. The number of hydrogen-bond donors (Lipinski definition) is 1. The first-order chi connectivity index (χ1) is 17.5. The Morgan fingerprint density at radius 2 is 2.00 bits per heavy atom. The summed E-state index contributed by atoms with van der Waals surface area (Å²) >= 11 is 0. The van der Waals surface area contributed by atoms with Crippen LogP contribution in [0.2, 0.25) is 0 Å². The zero-order valence-electron chi connectivity index (χ0n) is 20.6. The molecule has 1 spiro atoms. The molecule has 0 unspecified atom stereocenters. The van der Waals surface area contributed by atoms with Crippen molar-refractivity contribution in [2.45, 2.75) is 13.3 Å². The lowest BCUT2D eigenvalue weighted by Crippen LogP contribution is -2.59. The summed E-state index contributed by atoms with van der Waals surface area (Å²) in [4.78, 5) is 18.6. The number of nitrogens with one attached hydrogen (secondary N) is 1. The molecule has 36 heavy (non-hydrogen) atoms. The quantitative estimate of drug-likeness (QED) is 0.573. The van der Waals surface area contributed by atoms with Crippen LogP contribution in [0.4, 0.5) is 11.4 Å². The van der Waals surface area contributed by atoms with Crippen LogP contribution < -0.4 is 9.80 Å². The Hall–Kier alpha value is -3.83. The third kappa shape index (κ3) is 3.62. The van der Waals surface area contributed by atoms with E-state index in [1.165, 1.54) is 6.08 Å². The van der Waals surface area contributed by atoms with Crippen LogP contribution in [0.1, 0.15) is 17.5 Å². The minimum atomic E-state index is -0.00271. The maximum absolute atomic E-state index is 12.1. The molecule has 6 rings (SSSR count). The van der Waals surface area contributed by atoms with Crippen molar-refractivity contribution in [2.24, 2.45) is 5.41 Å². The third-order valence-corrected chi connectivity index (χ3v) is 8.01. The van der Waals surface area contributed by atoms with Gasteiger partial charge in [0.2, 0.25) is 5.91 Å².